The molecule has 1 fully saturated rings. The van der Waals surface area contributed by atoms with Gasteiger partial charge < -0.3 is 9.64 Å². The lowest BCUT2D eigenvalue weighted by molar-refractivity contribution is 0.122. The summed E-state index contributed by atoms with van der Waals surface area (Å²) in [4.78, 5) is 2.36. The van der Waals surface area contributed by atoms with Crippen molar-refractivity contribution in [1.29, 1.82) is 0 Å². The lowest BCUT2D eigenvalue weighted by atomic mass is 10.1. The summed E-state index contributed by atoms with van der Waals surface area (Å²) in [5, 5.41) is 0. The first-order valence-corrected chi connectivity index (χ1v) is 7.37. The minimum Gasteiger partial charge on any atom is -0.378 e. The van der Waals surface area contributed by atoms with E-state index in [0.29, 0.717) is 0 Å². The maximum Gasteiger partial charge on any atom is 0.0642 e. The van der Waals surface area contributed by atoms with Gasteiger partial charge in [0, 0.05) is 30.8 Å². The fraction of sp³-hybridized carbons (Fsp3) is 0.263. The molecule has 0 atom stereocenters. The van der Waals surface area contributed by atoms with Gasteiger partial charge in [0.25, 0.3) is 0 Å². The molecule has 2 aromatic rings. The molecule has 2 nitrogen and oxygen atoms in total. The Morgan fingerprint density at radius 1 is 0.905 bits per heavy atom. The van der Waals surface area contributed by atoms with E-state index in [1.807, 2.05) is 30.3 Å². The van der Waals surface area contributed by atoms with Gasteiger partial charge in [-0.25, -0.2) is 0 Å². The van der Waals surface area contributed by atoms with Gasteiger partial charge in [0.1, 0.15) is 0 Å². The Bertz CT molecular complexity index is 616. The van der Waals surface area contributed by atoms with Crippen molar-refractivity contribution in [1.82, 2.24) is 0 Å². The second-order valence-corrected chi connectivity index (χ2v) is 5.11. The van der Waals surface area contributed by atoms with E-state index in [9.17, 15) is 0 Å². The highest BCUT2D eigenvalue weighted by atomic mass is 16.5. The number of hydrogen-bond acceptors (Lipinski definition) is 2. The Labute approximate surface area is 126 Å². The normalized spacial score (nSPS) is 14.4. The minimum absolute atomic E-state index is 0.790. The van der Waals surface area contributed by atoms with Crippen molar-refractivity contribution in [3.63, 3.8) is 0 Å². The Hall–Kier alpha value is -2.24. The van der Waals surface area contributed by atoms with Crippen LogP contribution in [0.3, 0.4) is 0 Å². The van der Waals surface area contributed by atoms with Crippen molar-refractivity contribution in [3.8, 4) is 11.8 Å². The van der Waals surface area contributed by atoms with Gasteiger partial charge in [0.05, 0.1) is 13.2 Å². The van der Waals surface area contributed by atoms with Gasteiger partial charge in [-0.3, -0.25) is 0 Å². The van der Waals surface area contributed by atoms with Crippen molar-refractivity contribution in [2.75, 3.05) is 31.2 Å². The molecule has 0 bridgehead atoms. The van der Waals surface area contributed by atoms with E-state index in [1.165, 1.54) is 11.3 Å². The summed E-state index contributed by atoms with van der Waals surface area (Å²) in [5.41, 5.74) is 3.61. The molecule has 0 amide bonds. The van der Waals surface area contributed by atoms with Crippen LogP contribution in [0.5, 0.6) is 0 Å². The third kappa shape index (κ3) is 3.87. The number of rotatable bonds is 2. The summed E-state index contributed by atoms with van der Waals surface area (Å²) < 4.78 is 5.38. The lowest BCUT2D eigenvalue weighted by Gasteiger charge is -2.28. The molecular formula is C19H19NO. The summed E-state index contributed by atoms with van der Waals surface area (Å²) in [6.07, 6.45) is 0.790. The van der Waals surface area contributed by atoms with Gasteiger partial charge in [-0.1, -0.05) is 42.2 Å². The van der Waals surface area contributed by atoms with Crippen LogP contribution >= 0.6 is 0 Å². The molecule has 106 valence electrons. The number of nitrogens with zero attached hydrogens (tertiary/aromatic N) is 1. The molecule has 0 aromatic heterocycles. The van der Waals surface area contributed by atoms with Crippen LogP contribution in [0, 0.1) is 11.8 Å². The molecule has 1 aliphatic heterocycles. The number of ether oxygens (including phenoxy) is 1. The monoisotopic (exact) mass is 277 g/mol. The van der Waals surface area contributed by atoms with Crippen molar-refractivity contribution in [2.24, 2.45) is 0 Å². The van der Waals surface area contributed by atoms with E-state index in [2.05, 4.69) is 41.0 Å². The van der Waals surface area contributed by atoms with Gasteiger partial charge >= 0.3 is 0 Å². The average molecular weight is 277 g/mol. The standard InChI is InChI=1S/C19H19NO/c1-2-5-17(6-3-1)7-4-8-18-9-11-19(12-10-18)20-13-15-21-16-14-20/h1-3,5-6,9-12H,8,13-16H2. The second kappa shape index (κ2) is 6.97. The predicted octanol–water partition coefficient (Wildman–Crippen LogP) is 3.12. The van der Waals surface area contributed by atoms with Gasteiger partial charge in [0.2, 0.25) is 0 Å². The van der Waals surface area contributed by atoms with E-state index in [4.69, 9.17) is 4.74 Å². The first kappa shape index (κ1) is 13.7. The van der Waals surface area contributed by atoms with Crippen LogP contribution < -0.4 is 4.90 Å². The van der Waals surface area contributed by atoms with Crippen LogP contribution in [0.25, 0.3) is 0 Å². The topological polar surface area (TPSA) is 12.5 Å². The molecule has 21 heavy (non-hydrogen) atoms. The molecule has 0 saturated carbocycles. The highest BCUT2D eigenvalue weighted by Crippen LogP contribution is 2.16. The van der Waals surface area contributed by atoms with Crippen molar-refractivity contribution >= 4 is 5.69 Å². The fourth-order valence-corrected chi connectivity index (χ4v) is 2.42. The Balaban J connectivity index is 1.61. The van der Waals surface area contributed by atoms with Crippen molar-refractivity contribution in [2.45, 2.75) is 6.42 Å². The average Bonchev–Trinajstić information content (AvgIpc) is 2.57. The van der Waals surface area contributed by atoms with E-state index in [0.717, 1.165) is 38.3 Å². The highest BCUT2D eigenvalue weighted by Gasteiger charge is 2.10. The van der Waals surface area contributed by atoms with E-state index < -0.39 is 0 Å². The smallest absolute Gasteiger partial charge is 0.0642 e. The first-order chi connectivity index (χ1) is 10.4. The molecule has 2 heteroatoms. The molecule has 0 radical (unpaired) electrons. The van der Waals surface area contributed by atoms with Crippen LogP contribution in [-0.2, 0) is 11.2 Å². The zero-order valence-electron chi connectivity index (χ0n) is 12.1. The molecule has 0 aliphatic carbocycles. The maximum atomic E-state index is 5.38. The summed E-state index contributed by atoms with van der Waals surface area (Å²) in [5.74, 6) is 6.43. The Morgan fingerprint density at radius 2 is 1.62 bits per heavy atom. The third-order valence-corrected chi connectivity index (χ3v) is 3.61. The van der Waals surface area contributed by atoms with Gasteiger partial charge in [-0.2, -0.15) is 0 Å². The number of morpholine rings is 1. The summed E-state index contributed by atoms with van der Waals surface area (Å²) in [6, 6.07) is 18.8. The number of benzene rings is 2. The quantitative estimate of drug-likeness (QED) is 0.782. The summed E-state index contributed by atoms with van der Waals surface area (Å²) in [7, 11) is 0. The second-order valence-electron chi connectivity index (χ2n) is 5.11. The van der Waals surface area contributed by atoms with Crippen molar-refractivity contribution in [3.05, 3.63) is 65.7 Å². The molecule has 0 N–H and O–H groups in total. The molecule has 0 spiro atoms. The Kier molecular flexibility index (Phi) is 4.55. The van der Waals surface area contributed by atoms with Crippen LogP contribution in [-0.4, -0.2) is 26.3 Å². The van der Waals surface area contributed by atoms with Crippen LogP contribution in [0.4, 0.5) is 5.69 Å². The molecule has 3 rings (SSSR count). The van der Waals surface area contributed by atoms with Crippen molar-refractivity contribution < 1.29 is 4.74 Å². The molecular weight excluding hydrogens is 258 g/mol. The van der Waals surface area contributed by atoms with E-state index in [1.54, 1.807) is 0 Å². The van der Waals surface area contributed by atoms with E-state index >= 15 is 0 Å². The zero-order chi connectivity index (χ0) is 14.3. The molecule has 1 heterocycles. The van der Waals surface area contributed by atoms with Gasteiger partial charge in [-0.15, -0.1) is 0 Å². The third-order valence-electron chi connectivity index (χ3n) is 3.61. The maximum absolute atomic E-state index is 5.38. The first-order valence-electron chi connectivity index (χ1n) is 7.37. The molecule has 0 unspecified atom stereocenters. The minimum atomic E-state index is 0.790. The Morgan fingerprint density at radius 3 is 2.33 bits per heavy atom. The van der Waals surface area contributed by atoms with Crippen LogP contribution in [0.15, 0.2) is 54.6 Å². The number of anilines is 1. The zero-order valence-corrected chi connectivity index (χ0v) is 12.1. The summed E-state index contributed by atoms with van der Waals surface area (Å²) in [6.45, 7) is 3.61. The lowest BCUT2D eigenvalue weighted by Crippen LogP contribution is -2.36. The van der Waals surface area contributed by atoms with Gasteiger partial charge in [0.15, 0.2) is 0 Å². The molecule has 1 saturated heterocycles. The largest absolute Gasteiger partial charge is 0.378 e. The predicted molar refractivity (Wildman–Crippen MR) is 86.5 cm³/mol. The van der Waals surface area contributed by atoms with Gasteiger partial charge in [-0.05, 0) is 29.8 Å². The van der Waals surface area contributed by atoms with Crippen LogP contribution in [0.1, 0.15) is 11.1 Å². The highest BCUT2D eigenvalue weighted by molar-refractivity contribution is 5.48. The SMILES string of the molecule is C(#Cc1ccccc1)Cc1ccc(N2CCOCC2)cc1. The molecule has 1 aliphatic rings. The fourth-order valence-electron chi connectivity index (χ4n) is 2.42. The summed E-state index contributed by atoms with van der Waals surface area (Å²) >= 11 is 0. The van der Waals surface area contributed by atoms with Crippen LogP contribution in [0.2, 0.25) is 0 Å². The molecule has 2 aromatic carbocycles. The van der Waals surface area contributed by atoms with E-state index in [-0.39, 0.29) is 0 Å². The number of hydrogen-bond donors (Lipinski definition) is 0.